The Kier molecular flexibility index (Phi) is 10.4. The first-order valence-electron chi connectivity index (χ1n) is 23.0. The van der Waals surface area contributed by atoms with Crippen molar-refractivity contribution in [3.05, 3.63) is 247 Å². The Hall–Kier alpha value is -8.61. The van der Waals surface area contributed by atoms with Crippen molar-refractivity contribution in [1.82, 2.24) is 29.5 Å². The normalized spacial score (nSPS) is 14.7. The van der Waals surface area contributed by atoms with E-state index in [0.29, 0.717) is 17.3 Å². The summed E-state index contributed by atoms with van der Waals surface area (Å²) in [4.78, 5) is 25.3. The second-order valence-corrected chi connectivity index (χ2v) is 17.2. The van der Waals surface area contributed by atoms with E-state index in [0.717, 1.165) is 69.8 Å². The molecule has 0 amide bonds. The lowest BCUT2D eigenvalue weighted by Crippen LogP contribution is -2.11. The summed E-state index contributed by atoms with van der Waals surface area (Å²) >= 11 is 0. The smallest absolute Gasteiger partial charge is 0.181 e. The van der Waals surface area contributed by atoms with Gasteiger partial charge in [0.15, 0.2) is 11.6 Å². The Balaban J connectivity index is 0.978. The van der Waals surface area contributed by atoms with Crippen LogP contribution in [-0.2, 0) is 0 Å². The lowest BCUT2D eigenvalue weighted by atomic mass is 9.82. The average molecular weight is 861 g/mol. The maximum atomic E-state index is 5.26. The van der Waals surface area contributed by atoms with Crippen LogP contribution >= 0.6 is 0 Å². The van der Waals surface area contributed by atoms with Gasteiger partial charge in [-0.05, 0) is 106 Å². The first kappa shape index (κ1) is 39.9. The van der Waals surface area contributed by atoms with Gasteiger partial charge < -0.3 is 4.57 Å². The van der Waals surface area contributed by atoms with E-state index in [1.807, 2.05) is 24.3 Å². The molecule has 0 radical (unpaired) electrons. The highest BCUT2D eigenvalue weighted by atomic mass is 15.0. The van der Waals surface area contributed by atoms with Crippen LogP contribution in [0.15, 0.2) is 236 Å². The van der Waals surface area contributed by atoms with E-state index >= 15 is 0 Å². The summed E-state index contributed by atoms with van der Waals surface area (Å²) in [5.74, 6) is 1.78. The SMILES string of the molecule is C1=CCCC(C2=CC(c3ccccc3)=CC(c3ncnc(-c4cc(-c5ccccc5)nc(-c5cccc(-c6cccc7c6c6cc(-c8ccccc8)ccc6n7-c6ccccc6)c5)n4)n3)C2)=C1. The van der Waals surface area contributed by atoms with Crippen LogP contribution in [0.5, 0.6) is 0 Å². The van der Waals surface area contributed by atoms with E-state index in [1.165, 1.54) is 44.2 Å². The van der Waals surface area contributed by atoms with Crippen LogP contribution in [-0.4, -0.2) is 29.5 Å². The van der Waals surface area contributed by atoms with Crippen LogP contribution in [0.3, 0.4) is 0 Å². The number of allylic oxidation sites excluding steroid dienone is 8. The minimum absolute atomic E-state index is 0.0466. The quantitative estimate of drug-likeness (QED) is 0.145. The van der Waals surface area contributed by atoms with Crippen LogP contribution in [0.4, 0.5) is 0 Å². The zero-order valence-electron chi connectivity index (χ0n) is 36.7. The molecule has 7 aromatic carbocycles. The van der Waals surface area contributed by atoms with Gasteiger partial charge in [0.2, 0.25) is 0 Å². The number of hydrogen-bond acceptors (Lipinski definition) is 5. The summed E-state index contributed by atoms with van der Waals surface area (Å²) in [7, 11) is 0. The number of hydrogen-bond donors (Lipinski definition) is 0. The van der Waals surface area contributed by atoms with Crippen molar-refractivity contribution in [2.24, 2.45) is 0 Å². The van der Waals surface area contributed by atoms with E-state index in [4.69, 9.17) is 24.9 Å². The minimum atomic E-state index is -0.0466. The van der Waals surface area contributed by atoms with Crippen molar-refractivity contribution >= 4 is 27.4 Å². The first-order valence-corrected chi connectivity index (χ1v) is 23.0. The molecule has 12 rings (SSSR count). The third-order valence-corrected chi connectivity index (χ3v) is 13.0. The largest absolute Gasteiger partial charge is 0.309 e. The van der Waals surface area contributed by atoms with Crippen LogP contribution in [0.2, 0.25) is 0 Å². The summed E-state index contributed by atoms with van der Waals surface area (Å²) in [6.45, 7) is 0. The number of aromatic nitrogens is 6. The molecule has 1 atom stereocenters. The number of nitrogens with zero attached hydrogens (tertiary/aromatic N) is 6. The van der Waals surface area contributed by atoms with E-state index in [9.17, 15) is 0 Å². The summed E-state index contributed by atoms with van der Waals surface area (Å²) in [6, 6.07) is 66.2. The molecule has 0 spiro atoms. The highest BCUT2D eigenvalue weighted by molar-refractivity contribution is 6.16. The van der Waals surface area contributed by atoms with Gasteiger partial charge in [-0.3, -0.25) is 0 Å². The Morgan fingerprint density at radius 2 is 1.19 bits per heavy atom. The van der Waals surface area contributed by atoms with E-state index in [2.05, 4.69) is 199 Å². The molecule has 0 N–H and O–H groups in total. The van der Waals surface area contributed by atoms with E-state index < -0.39 is 0 Å². The Bertz CT molecular complexity index is 3590. The molecule has 2 aliphatic rings. The van der Waals surface area contributed by atoms with E-state index in [1.54, 1.807) is 6.33 Å². The molecule has 6 nitrogen and oxygen atoms in total. The van der Waals surface area contributed by atoms with Gasteiger partial charge in [-0.25, -0.2) is 24.9 Å². The van der Waals surface area contributed by atoms with Gasteiger partial charge in [-0.15, -0.1) is 0 Å². The molecule has 2 aliphatic carbocycles. The molecular weight excluding hydrogens is 817 g/mol. The lowest BCUT2D eigenvalue weighted by Gasteiger charge is -2.24. The maximum absolute atomic E-state index is 5.26. The fourth-order valence-electron chi connectivity index (χ4n) is 9.74. The van der Waals surface area contributed by atoms with E-state index in [-0.39, 0.29) is 5.92 Å². The molecule has 1 unspecified atom stereocenters. The second-order valence-electron chi connectivity index (χ2n) is 17.2. The van der Waals surface area contributed by atoms with Crippen molar-refractivity contribution in [2.75, 3.05) is 0 Å². The maximum Gasteiger partial charge on any atom is 0.181 e. The van der Waals surface area contributed by atoms with Gasteiger partial charge in [-0.1, -0.05) is 176 Å². The van der Waals surface area contributed by atoms with Crippen molar-refractivity contribution in [3.8, 4) is 62.1 Å². The molecule has 0 bridgehead atoms. The topological polar surface area (TPSA) is 69.4 Å². The highest BCUT2D eigenvalue weighted by Crippen LogP contribution is 2.42. The molecule has 67 heavy (non-hydrogen) atoms. The summed E-state index contributed by atoms with van der Waals surface area (Å²) < 4.78 is 2.38. The number of fused-ring (bicyclic) bond motifs is 3. The second kappa shape index (κ2) is 17.4. The van der Waals surface area contributed by atoms with Crippen LogP contribution in [0.1, 0.15) is 36.6 Å². The Morgan fingerprint density at radius 3 is 1.97 bits per heavy atom. The molecule has 3 aromatic heterocycles. The minimum Gasteiger partial charge on any atom is -0.309 e. The average Bonchev–Trinajstić information content (AvgIpc) is 3.76. The predicted molar refractivity (Wildman–Crippen MR) is 273 cm³/mol. The zero-order valence-corrected chi connectivity index (χ0v) is 36.7. The zero-order chi connectivity index (χ0) is 44.5. The summed E-state index contributed by atoms with van der Waals surface area (Å²) in [5.41, 5.74) is 16.3. The highest BCUT2D eigenvalue weighted by Gasteiger charge is 2.24. The van der Waals surface area contributed by atoms with Crippen molar-refractivity contribution in [3.63, 3.8) is 0 Å². The van der Waals surface area contributed by atoms with Gasteiger partial charge in [0.05, 0.1) is 16.7 Å². The molecular formula is C61H44N6. The molecule has 0 saturated heterocycles. The Labute approximate surface area is 389 Å². The molecule has 0 saturated carbocycles. The van der Waals surface area contributed by atoms with Gasteiger partial charge in [0.25, 0.3) is 0 Å². The number of rotatable bonds is 9. The predicted octanol–water partition coefficient (Wildman–Crippen LogP) is 14.9. The standard InChI is InChI=1S/C61H44N6/c1-6-18-41(19-7-1)45-32-33-56-53(38-45)58-52(30-17-31-57(58)67(56)51-28-14-5-15-29-51)46-26-16-27-47(34-46)60-64-54(44-24-12-4-13-25-44)39-55(65-60)61-63-40-62-59(66-61)50-36-48(42-20-8-2-9-21-42)35-49(37-50)43-22-10-3-11-23-43/h1-10,12-22,24-36,38-40,50H,11,23,37H2. The summed E-state index contributed by atoms with van der Waals surface area (Å²) in [6.07, 6.45) is 15.8. The molecule has 6 heteroatoms. The van der Waals surface area contributed by atoms with Crippen LogP contribution in [0, 0.1) is 0 Å². The van der Waals surface area contributed by atoms with Gasteiger partial charge in [0, 0.05) is 33.5 Å². The monoisotopic (exact) mass is 860 g/mol. The Morgan fingerprint density at radius 1 is 0.493 bits per heavy atom. The summed E-state index contributed by atoms with van der Waals surface area (Å²) in [5, 5.41) is 2.38. The number of para-hydroxylation sites is 1. The number of benzene rings is 7. The van der Waals surface area contributed by atoms with Crippen molar-refractivity contribution in [1.29, 1.82) is 0 Å². The molecule has 0 fully saturated rings. The molecule has 318 valence electrons. The molecule has 0 aliphatic heterocycles. The third-order valence-electron chi connectivity index (χ3n) is 13.0. The van der Waals surface area contributed by atoms with Crippen LogP contribution < -0.4 is 0 Å². The van der Waals surface area contributed by atoms with Gasteiger partial charge in [0.1, 0.15) is 17.8 Å². The fourth-order valence-corrected chi connectivity index (χ4v) is 9.74. The third kappa shape index (κ3) is 7.79. The molecule has 10 aromatic rings. The van der Waals surface area contributed by atoms with Crippen molar-refractivity contribution in [2.45, 2.75) is 25.2 Å². The van der Waals surface area contributed by atoms with Gasteiger partial charge in [-0.2, -0.15) is 0 Å². The fraction of sp³-hybridized carbons (Fsp3) is 0.0656. The lowest BCUT2D eigenvalue weighted by molar-refractivity contribution is 0.735. The van der Waals surface area contributed by atoms with Crippen molar-refractivity contribution < 1.29 is 0 Å². The molecule has 3 heterocycles. The first-order chi connectivity index (χ1) is 33.2. The van der Waals surface area contributed by atoms with Crippen LogP contribution in [0.25, 0.3) is 89.5 Å². The van der Waals surface area contributed by atoms with Gasteiger partial charge >= 0.3 is 0 Å².